The summed E-state index contributed by atoms with van der Waals surface area (Å²) >= 11 is 6.81. The molecule has 0 saturated carbocycles. The standard InChI is InChI=1S/C32H39ClN2O4/c1-6-17-39-26-14-13-23(18-27(26)38-5)25(36)15-16-32(4,37)28-19-24-29(30(33)34-28)35(21-31(24,3)7-2)20-22-11-9-8-10-12-22/h8-14,18-19,37H,6-7,15-17,20-21H2,1-5H3/t31-,32-/m0/s1. The van der Waals surface area contributed by atoms with Crippen LogP contribution >= 0.6 is 11.6 Å². The molecule has 0 saturated heterocycles. The van der Waals surface area contributed by atoms with Crippen molar-refractivity contribution in [2.45, 2.75) is 70.9 Å². The number of hydrogen-bond acceptors (Lipinski definition) is 6. The van der Waals surface area contributed by atoms with Crippen LogP contribution in [0.15, 0.2) is 54.6 Å². The largest absolute Gasteiger partial charge is 0.493 e. The van der Waals surface area contributed by atoms with Crippen LogP contribution in [0.4, 0.5) is 5.69 Å². The van der Waals surface area contributed by atoms with Crippen molar-refractivity contribution in [1.82, 2.24) is 4.98 Å². The number of aromatic nitrogens is 1. The zero-order valence-electron chi connectivity index (χ0n) is 23.6. The molecular weight excluding hydrogens is 512 g/mol. The van der Waals surface area contributed by atoms with Gasteiger partial charge in [-0.2, -0.15) is 0 Å². The second-order valence-corrected chi connectivity index (χ2v) is 11.2. The Bertz CT molecular complexity index is 1310. The van der Waals surface area contributed by atoms with Crippen molar-refractivity contribution in [1.29, 1.82) is 0 Å². The number of pyridine rings is 1. The first-order valence-corrected chi connectivity index (χ1v) is 14.1. The van der Waals surface area contributed by atoms with Crippen LogP contribution in [0.2, 0.25) is 5.15 Å². The number of ketones is 1. The number of carbonyl (C=O) groups excluding carboxylic acids is 1. The van der Waals surface area contributed by atoms with Crippen LogP contribution in [-0.4, -0.2) is 36.1 Å². The highest BCUT2D eigenvalue weighted by Gasteiger charge is 2.41. The fourth-order valence-corrected chi connectivity index (χ4v) is 5.48. The van der Waals surface area contributed by atoms with Gasteiger partial charge in [0, 0.05) is 30.5 Å². The molecule has 3 aromatic rings. The Morgan fingerprint density at radius 1 is 1.15 bits per heavy atom. The first kappa shape index (κ1) is 28.9. The van der Waals surface area contributed by atoms with E-state index in [4.69, 9.17) is 21.1 Å². The van der Waals surface area contributed by atoms with Crippen LogP contribution in [0.5, 0.6) is 11.5 Å². The lowest BCUT2D eigenvalue weighted by Gasteiger charge is -2.26. The van der Waals surface area contributed by atoms with Crippen LogP contribution in [0.1, 0.15) is 80.6 Å². The summed E-state index contributed by atoms with van der Waals surface area (Å²) in [6.07, 6.45) is 2.15. The Morgan fingerprint density at radius 3 is 2.56 bits per heavy atom. The van der Waals surface area contributed by atoms with Gasteiger partial charge in [-0.15, -0.1) is 0 Å². The van der Waals surface area contributed by atoms with Gasteiger partial charge in [-0.05, 0) is 61.6 Å². The van der Waals surface area contributed by atoms with Crippen LogP contribution < -0.4 is 14.4 Å². The lowest BCUT2D eigenvalue weighted by molar-refractivity contribution is 0.0396. The first-order chi connectivity index (χ1) is 18.6. The normalized spacial score (nSPS) is 18.0. The highest BCUT2D eigenvalue weighted by Crippen LogP contribution is 2.47. The van der Waals surface area contributed by atoms with E-state index >= 15 is 0 Å². The molecule has 6 nitrogen and oxygen atoms in total. The van der Waals surface area contributed by atoms with Gasteiger partial charge in [-0.3, -0.25) is 4.79 Å². The van der Waals surface area contributed by atoms with Gasteiger partial charge in [-0.1, -0.05) is 62.7 Å². The minimum Gasteiger partial charge on any atom is -0.493 e. The Balaban J connectivity index is 1.54. The summed E-state index contributed by atoms with van der Waals surface area (Å²) in [6.45, 7) is 10.3. The summed E-state index contributed by atoms with van der Waals surface area (Å²) in [7, 11) is 1.56. The molecule has 2 aromatic carbocycles. The molecule has 0 spiro atoms. The number of carbonyl (C=O) groups is 1. The zero-order chi connectivity index (χ0) is 28.2. The third kappa shape index (κ3) is 6.23. The summed E-state index contributed by atoms with van der Waals surface area (Å²) in [5, 5.41) is 11.9. The van der Waals surface area contributed by atoms with Crippen molar-refractivity contribution in [3.05, 3.63) is 82.1 Å². The number of anilines is 1. The van der Waals surface area contributed by atoms with E-state index in [0.717, 1.165) is 37.2 Å². The summed E-state index contributed by atoms with van der Waals surface area (Å²) in [5.41, 5.74) is 2.77. The van der Waals surface area contributed by atoms with Crippen LogP contribution in [-0.2, 0) is 17.6 Å². The van der Waals surface area contributed by atoms with Crippen molar-refractivity contribution >= 4 is 23.1 Å². The van der Waals surface area contributed by atoms with Crippen LogP contribution in [0, 0.1) is 0 Å². The number of Topliss-reactive ketones (excluding diaryl/α,β-unsaturated/α-hetero) is 1. The number of nitrogens with zero attached hydrogens (tertiary/aromatic N) is 2. The third-order valence-corrected chi connectivity index (χ3v) is 8.05. The van der Waals surface area contributed by atoms with Gasteiger partial charge >= 0.3 is 0 Å². The highest BCUT2D eigenvalue weighted by molar-refractivity contribution is 6.32. The molecule has 208 valence electrons. The highest BCUT2D eigenvalue weighted by atomic mass is 35.5. The monoisotopic (exact) mass is 550 g/mol. The van der Waals surface area contributed by atoms with E-state index in [1.807, 2.05) is 31.2 Å². The molecule has 1 aliphatic heterocycles. The Morgan fingerprint density at radius 2 is 1.90 bits per heavy atom. The average Bonchev–Trinajstić information content (AvgIpc) is 3.23. The second-order valence-electron chi connectivity index (χ2n) is 10.9. The Kier molecular flexibility index (Phi) is 8.87. The van der Waals surface area contributed by atoms with E-state index in [0.29, 0.717) is 34.5 Å². The fourth-order valence-electron chi connectivity index (χ4n) is 5.17. The van der Waals surface area contributed by atoms with Gasteiger partial charge in [0.1, 0.15) is 5.60 Å². The molecule has 0 radical (unpaired) electrons. The SMILES string of the molecule is CCCOc1ccc(C(=O)CC[C@](C)(O)c2cc3c(c(Cl)n2)N(Cc2ccccc2)C[C@]3(C)CC)cc1OC. The van der Waals surface area contributed by atoms with E-state index in [9.17, 15) is 9.90 Å². The van der Waals surface area contributed by atoms with E-state index in [-0.39, 0.29) is 24.0 Å². The maximum absolute atomic E-state index is 13.1. The maximum Gasteiger partial charge on any atom is 0.163 e. The van der Waals surface area contributed by atoms with Gasteiger partial charge in [-0.25, -0.2) is 4.98 Å². The number of aliphatic hydroxyl groups is 1. The molecule has 4 rings (SSSR count). The molecule has 0 bridgehead atoms. The Labute approximate surface area is 236 Å². The molecule has 2 atom stereocenters. The molecule has 39 heavy (non-hydrogen) atoms. The minimum atomic E-state index is -1.33. The number of halogens is 1. The lowest BCUT2D eigenvalue weighted by Crippen LogP contribution is -2.30. The van der Waals surface area contributed by atoms with E-state index in [1.165, 1.54) is 5.56 Å². The molecule has 1 N–H and O–H groups in total. The average molecular weight is 551 g/mol. The molecular formula is C32H39ClN2O4. The van der Waals surface area contributed by atoms with E-state index in [1.54, 1.807) is 32.2 Å². The minimum absolute atomic E-state index is 0.0877. The number of ether oxygens (including phenoxy) is 2. The number of methoxy groups -OCH3 is 1. The van der Waals surface area contributed by atoms with Gasteiger partial charge in [0.2, 0.25) is 0 Å². The molecule has 0 aliphatic carbocycles. The summed E-state index contributed by atoms with van der Waals surface area (Å²) in [6, 6.07) is 17.5. The topological polar surface area (TPSA) is 71.9 Å². The summed E-state index contributed by atoms with van der Waals surface area (Å²) < 4.78 is 11.1. The van der Waals surface area contributed by atoms with Crippen molar-refractivity contribution in [3.8, 4) is 11.5 Å². The molecule has 0 amide bonds. The van der Waals surface area contributed by atoms with E-state index < -0.39 is 5.60 Å². The third-order valence-electron chi connectivity index (χ3n) is 7.79. The smallest absolute Gasteiger partial charge is 0.163 e. The maximum atomic E-state index is 13.1. The Hall–Kier alpha value is -3.09. The van der Waals surface area contributed by atoms with Crippen molar-refractivity contribution < 1.29 is 19.4 Å². The lowest BCUT2D eigenvalue weighted by atomic mass is 9.81. The predicted octanol–water partition coefficient (Wildman–Crippen LogP) is 7.09. The fraction of sp³-hybridized carbons (Fsp3) is 0.438. The molecule has 2 heterocycles. The van der Waals surface area contributed by atoms with Gasteiger partial charge in [0.15, 0.2) is 22.4 Å². The molecule has 1 aromatic heterocycles. The summed E-state index contributed by atoms with van der Waals surface area (Å²) in [5.74, 6) is 1.04. The molecule has 1 aliphatic rings. The number of benzene rings is 2. The van der Waals surface area contributed by atoms with Crippen molar-refractivity contribution in [2.24, 2.45) is 0 Å². The van der Waals surface area contributed by atoms with Crippen LogP contribution in [0.25, 0.3) is 0 Å². The summed E-state index contributed by atoms with van der Waals surface area (Å²) in [4.78, 5) is 20.0. The number of hydrogen-bond donors (Lipinski definition) is 1. The van der Waals surface area contributed by atoms with E-state index in [2.05, 4.69) is 35.9 Å². The molecule has 0 fully saturated rings. The quantitative estimate of drug-likeness (QED) is 0.192. The zero-order valence-corrected chi connectivity index (χ0v) is 24.3. The second kappa shape index (κ2) is 12.0. The first-order valence-electron chi connectivity index (χ1n) is 13.7. The van der Waals surface area contributed by atoms with Gasteiger partial charge in [0.25, 0.3) is 0 Å². The number of rotatable bonds is 12. The molecule has 0 unspecified atom stereocenters. The van der Waals surface area contributed by atoms with Gasteiger partial charge in [0.05, 0.1) is 25.1 Å². The number of fused-ring (bicyclic) bond motifs is 1. The van der Waals surface area contributed by atoms with Gasteiger partial charge < -0.3 is 19.5 Å². The van der Waals surface area contributed by atoms with Crippen molar-refractivity contribution in [2.75, 3.05) is 25.2 Å². The van der Waals surface area contributed by atoms with Crippen LogP contribution in [0.3, 0.4) is 0 Å². The predicted molar refractivity (Wildman–Crippen MR) is 156 cm³/mol. The van der Waals surface area contributed by atoms with Crippen molar-refractivity contribution in [3.63, 3.8) is 0 Å². The molecule has 7 heteroatoms.